The van der Waals surface area contributed by atoms with Crippen molar-refractivity contribution in [2.45, 2.75) is 18.8 Å². The summed E-state index contributed by atoms with van der Waals surface area (Å²) in [5, 5.41) is 9.94. The molecular weight excluding hydrogens is 294 g/mol. The van der Waals surface area contributed by atoms with E-state index >= 15 is 0 Å². The number of aryl methyl sites for hydroxylation is 1. The van der Waals surface area contributed by atoms with Gasteiger partial charge in [0.2, 0.25) is 0 Å². The maximum Gasteiger partial charge on any atom is 0.157 e. The summed E-state index contributed by atoms with van der Waals surface area (Å²) in [7, 11) is 0. The number of benzene rings is 1. The third kappa shape index (κ3) is 3.02. The molecule has 0 radical (unpaired) electrons. The first-order valence-corrected chi connectivity index (χ1v) is 7.76. The lowest BCUT2D eigenvalue weighted by Crippen LogP contribution is -2.11. The van der Waals surface area contributed by atoms with E-state index in [0.717, 1.165) is 15.8 Å². The van der Waals surface area contributed by atoms with E-state index in [1.165, 1.54) is 11.3 Å². The van der Waals surface area contributed by atoms with E-state index in [0.29, 0.717) is 17.8 Å². The van der Waals surface area contributed by atoms with Crippen molar-refractivity contribution in [2.24, 2.45) is 0 Å². The Kier molecular flexibility index (Phi) is 4.22. The molecule has 3 rings (SSSR count). The highest BCUT2D eigenvalue weighted by Crippen LogP contribution is 2.28. The van der Waals surface area contributed by atoms with E-state index in [1.54, 1.807) is 12.4 Å². The van der Waals surface area contributed by atoms with Gasteiger partial charge in [0.25, 0.3) is 0 Å². The first kappa shape index (κ1) is 14.4. The minimum atomic E-state index is -0.783. The van der Waals surface area contributed by atoms with Gasteiger partial charge in [-0.2, -0.15) is 5.26 Å². The predicted molar refractivity (Wildman–Crippen MR) is 85.5 cm³/mol. The Morgan fingerprint density at radius 3 is 2.86 bits per heavy atom. The molecule has 0 aliphatic rings. The number of fused-ring (bicyclic) bond motifs is 1. The summed E-state index contributed by atoms with van der Waals surface area (Å²) in [6.45, 7) is 0. The van der Waals surface area contributed by atoms with E-state index in [-0.39, 0.29) is 5.78 Å². The van der Waals surface area contributed by atoms with E-state index in [2.05, 4.69) is 16.0 Å². The Balaban J connectivity index is 1.76. The minimum Gasteiger partial charge on any atom is -0.298 e. The van der Waals surface area contributed by atoms with Crippen LogP contribution in [0.5, 0.6) is 0 Å². The molecule has 0 aliphatic carbocycles. The van der Waals surface area contributed by atoms with Crippen molar-refractivity contribution in [2.75, 3.05) is 0 Å². The molecule has 108 valence electrons. The summed E-state index contributed by atoms with van der Waals surface area (Å²) in [6.07, 6.45) is 4.35. The van der Waals surface area contributed by atoms with Gasteiger partial charge in [-0.15, -0.1) is 11.3 Å². The Hall–Kier alpha value is -2.58. The van der Waals surface area contributed by atoms with Crippen molar-refractivity contribution in [3.63, 3.8) is 0 Å². The van der Waals surface area contributed by atoms with Gasteiger partial charge in [0.1, 0.15) is 5.01 Å². The zero-order valence-electron chi connectivity index (χ0n) is 11.8. The van der Waals surface area contributed by atoms with E-state index in [1.807, 2.05) is 36.4 Å². The van der Waals surface area contributed by atoms with Crippen LogP contribution in [0.3, 0.4) is 0 Å². The largest absolute Gasteiger partial charge is 0.298 e. The quantitative estimate of drug-likeness (QED) is 0.723. The molecule has 0 spiro atoms. The number of aromatic nitrogens is 2. The monoisotopic (exact) mass is 307 g/mol. The van der Waals surface area contributed by atoms with Crippen molar-refractivity contribution < 1.29 is 4.79 Å². The summed E-state index contributed by atoms with van der Waals surface area (Å²) < 4.78 is 0.998. The summed E-state index contributed by atoms with van der Waals surface area (Å²) in [4.78, 5) is 20.8. The number of carbonyl (C=O) groups is 1. The highest BCUT2D eigenvalue weighted by atomic mass is 32.1. The zero-order valence-corrected chi connectivity index (χ0v) is 12.6. The van der Waals surface area contributed by atoms with Crippen molar-refractivity contribution >= 4 is 27.3 Å². The Labute approximate surface area is 132 Å². The molecule has 5 heteroatoms. The van der Waals surface area contributed by atoms with Crippen LogP contribution >= 0.6 is 11.3 Å². The van der Waals surface area contributed by atoms with E-state index in [9.17, 15) is 10.1 Å². The van der Waals surface area contributed by atoms with Crippen LogP contribution in [-0.2, 0) is 11.2 Å². The van der Waals surface area contributed by atoms with Crippen molar-refractivity contribution in [1.82, 2.24) is 9.97 Å². The lowest BCUT2D eigenvalue weighted by Gasteiger charge is -2.04. The number of nitriles is 1. The number of rotatable bonds is 5. The molecule has 1 atom stereocenters. The highest BCUT2D eigenvalue weighted by molar-refractivity contribution is 7.18. The Morgan fingerprint density at radius 1 is 1.27 bits per heavy atom. The average Bonchev–Trinajstić information content (AvgIpc) is 2.98. The van der Waals surface area contributed by atoms with Gasteiger partial charge < -0.3 is 0 Å². The summed E-state index contributed by atoms with van der Waals surface area (Å²) in [5.41, 5.74) is 1.83. The molecule has 1 unspecified atom stereocenters. The molecule has 0 saturated carbocycles. The first-order chi connectivity index (χ1) is 10.8. The lowest BCUT2D eigenvalue weighted by molar-refractivity contribution is -0.119. The van der Waals surface area contributed by atoms with Gasteiger partial charge in [0, 0.05) is 18.8 Å². The van der Waals surface area contributed by atoms with Gasteiger partial charge in [0.15, 0.2) is 11.7 Å². The smallest absolute Gasteiger partial charge is 0.157 e. The van der Waals surface area contributed by atoms with Gasteiger partial charge >= 0.3 is 0 Å². The average molecular weight is 307 g/mol. The molecule has 2 heterocycles. The summed E-state index contributed by atoms with van der Waals surface area (Å²) >= 11 is 1.41. The molecule has 3 aromatic rings. The summed E-state index contributed by atoms with van der Waals surface area (Å²) in [5.74, 6) is -0.875. The SMILES string of the molecule is N#CC(C(=O)CCc1cccnc1)c1nc2ccccc2s1. The van der Waals surface area contributed by atoms with Crippen molar-refractivity contribution in [3.05, 3.63) is 59.4 Å². The number of nitrogens with zero attached hydrogens (tertiary/aromatic N) is 3. The molecule has 22 heavy (non-hydrogen) atoms. The van der Waals surface area contributed by atoms with E-state index in [4.69, 9.17) is 0 Å². The molecule has 0 N–H and O–H groups in total. The molecule has 0 amide bonds. The highest BCUT2D eigenvalue weighted by Gasteiger charge is 2.23. The number of pyridine rings is 1. The second kappa shape index (κ2) is 6.46. The Bertz CT molecular complexity index is 803. The fourth-order valence-electron chi connectivity index (χ4n) is 2.24. The fraction of sp³-hybridized carbons (Fsp3) is 0.176. The third-order valence-electron chi connectivity index (χ3n) is 3.39. The molecule has 0 saturated heterocycles. The summed E-state index contributed by atoms with van der Waals surface area (Å²) in [6, 6.07) is 13.5. The number of Topliss-reactive ketones (excluding diaryl/α,β-unsaturated/α-hetero) is 1. The first-order valence-electron chi connectivity index (χ1n) is 6.94. The van der Waals surface area contributed by atoms with Crippen LogP contribution in [0.25, 0.3) is 10.2 Å². The minimum absolute atomic E-state index is 0.0922. The Morgan fingerprint density at radius 2 is 2.14 bits per heavy atom. The third-order valence-corrected chi connectivity index (χ3v) is 4.49. The second-order valence-electron chi connectivity index (χ2n) is 4.91. The van der Waals surface area contributed by atoms with Crippen LogP contribution in [0.4, 0.5) is 0 Å². The molecule has 4 nitrogen and oxygen atoms in total. The number of hydrogen-bond donors (Lipinski definition) is 0. The number of carbonyl (C=O) groups excluding carboxylic acids is 1. The molecule has 0 bridgehead atoms. The molecule has 2 aromatic heterocycles. The van der Waals surface area contributed by atoms with Crippen LogP contribution in [0.15, 0.2) is 48.8 Å². The number of thiazole rings is 1. The van der Waals surface area contributed by atoms with Crippen molar-refractivity contribution in [1.29, 1.82) is 5.26 Å². The zero-order chi connectivity index (χ0) is 15.4. The van der Waals surface area contributed by atoms with Gasteiger partial charge in [-0.25, -0.2) is 4.98 Å². The molecule has 0 fully saturated rings. The van der Waals surface area contributed by atoms with Gasteiger partial charge in [-0.1, -0.05) is 18.2 Å². The fourth-order valence-corrected chi connectivity index (χ4v) is 3.27. The number of para-hydroxylation sites is 1. The predicted octanol–water partition coefficient (Wildman–Crippen LogP) is 3.50. The van der Waals surface area contributed by atoms with Crippen LogP contribution in [-0.4, -0.2) is 15.8 Å². The maximum absolute atomic E-state index is 12.3. The molecule has 1 aromatic carbocycles. The van der Waals surface area contributed by atoms with Gasteiger partial charge in [-0.3, -0.25) is 9.78 Å². The van der Waals surface area contributed by atoms with Crippen LogP contribution in [0, 0.1) is 11.3 Å². The number of ketones is 1. The van der Waals surface area contributed by atoms with Gasteiger partial charge in [-0.05, 0) is 30.2 Å². The van der Waals surface area contributed by atoms with Crippen LogP contribution in [0.2, 0.25) is 0 Å². The molecule has 0 aliphatic heterocycles. The van der Waals surface area contributed by atoms with Crippen molar-refractivity contribution in [3.8, 4) is 6.07 Å². The number of hydrogen-bond acceptors (Lipinski definition) is 5. The second-order valence-corrected chi connectivity index (χ2v) is 5.97. The van der Waals surface area contributed by atoms with Crippen LogP contribution in [0.1, 0.15) is 22.9 Å². The van der Waals surface area contributed by atoms with Crippen LogP contribution < -0.4 is 0 Å². The van der Waals surface area contributed by atoms with Gasteiger partial charge in [0.05, 0.1) is 16.3 Å². The standard InChI is InChI=1S/C17H13N3OS/c18-10-13(15(21)8-7-12-4-3-9-19-11-12)17-20-14-5-1-2-6-16(14)22-17/h1-6,9,11,13H,7-8H2. The van der Waals surface area contributed by atoms with E-state index < -0.39 is 5.92 Å². The normalized spacial score (nSPS) is 12.0. The topological polar surface area (TPSA) is 66.6 Å². The molecular formula is C17H13N3OS. The maximum atomic E-state index is 12.3. The lowest BCUT2D eigenvalue weighted by atomic mass is 10.0.